The first-order valence-electron chi connectivity index (χ1n) is 9.96. The number of benzene rings is 1. The highest BCUT2D eigenvalue weighted by Crippen LogP contribution is 2.36. The van der Waals surface area contributed by atoms with Crippen molar-refractivity contribution in [1.29, 1.82) is 0 Å². The summed E-state index contributed by atoms with van der Waals surface area (Å²) in [6.07, 6.45) is -0.786. The van der Waals surface area contributed by atoms with Gasteiger partial charge < -0.3 is 19.2 Å². The number of aliphatic hydroxyl groups is 1. The molecule has 158 valence electrons. The Balaban J connectivity index is 1.97. The monoisotopic (exact) mass is 402 g/mol. The van der Waals surface area contributed by atoms with E-state index in [9.17, 15) is 9.90 Å². The van der Waals surface area contributed by atoms with Crippen LogP contribution in [0.25, 0.3) is 10.9 Å². The molecule has 0 amide bonds. The first kappa shape index (κ1) is 21.8. The first-order chi connectivity index (χ1) is 13.2. The Morgan fingerprint density at radius 1 is 1.24 bits per heavy atom. The molecule has 3 rings (SSSR count). The highest BCUT2D eigenvalue weighted by atomic mass is 16.7. The summed E-state index contributed by atoms with van der Waals surface area (Å²) in [5, 5.41) is 15.5. The van der Waals surface area contributed by atoms with E-state index in [4.69, 9.17) is 14.0 Å². The maximum Gasteiger partial charge on any atom is 0.494 e. The lowest BCUT2D eigenvalue weighted by Gasteiger charge is -2.32. The number of hydrogen-bond donors (Lipinski definition) is 1. The fourth-order valence-corrected chi connectivity index (χ4v) is 3.27. The minimum atomic E-state index is -0.786. The number of esters is 1. The predicted molar refractivity (Wildman–Crippen MR) is 112 cm³/mol. The molecule has 1 saturated heterocycles. The summed E-state index contributed by atoms with van der Waals surface area (Å²) in [5.74, 6) is -0.380. The van der Waals surface area contributed by atoms with Crippen molar-refractivity contribution in [3.63, 3.8) is 0 Å². The van der Waals surface area contributed by atoms with E-state index < -0.39 is 30.0 Å². The summed E-state index contributed by atoms with van der Waals surface area (Å²) >= 11 is 0. The SMILES string of the molecule is CC(O)c1nn(CC(=O)OC(C)(C)C)c2ccc(B3OC(C)(C)C(C)(C)O3)cc12. The fourth-order valence-electron chi connectivity index (χ4n) is 3.27. The highest BCUT2D eigenvalue weighted by molar-refractivity contribution is 6.62. The van der Waals surface area contributed by atoms with E-state index in [0.717, 1.165) is 16.4 Å². The summed E-state index contributed by atoms with van der Waals surface area (Å²) in [5.41, 5.74) is 0.627. The number of carbonyl (C=O) groups excluding carboxylic acids is 1. The third kappa shape index (κ3) is 4.34. The number of aromatic nitrogens is 2. The van der Waals surface area contributed by atoms with Gasteiger partial charge in [-0.05, 0) is 66.9 Å². The van der Waals surface area contributed by atoms with Crippen molar-refractivity contribution in [3.05, 3.63) is 23.9 Å². The third-order valence-corrected chi connectivity index (χ3v) is 5.42. The van der Waals surface area contributed by atoms with E-state index in [1.807, 2.05) is 66.7 Å². The zero-order valence-corrected chi connectivity index (χ0v) is 18.6. The molecule has 1 unspecified atom stereocenters. The maximum absolute atomic E-state index is 12.3. The smallest absolute Gasteiger partial charge is 0.459 e. The van der Waals surface area contributed by atoms with Crippen molar-refractivity contribution in [2.24, 2.45) is 0 Å². The van der Waals surface area contributed by atoms with Gasteiger partial charge in [-0.3, -0.25) is 9.48 Å². The Labute approximate surface area is 172 Å². The van der Waals surface area contributed by atoms with E-state index in [0.29, 0.717) is 5.69 Å². The lowest BCUT2D eigenvalue weighted by Crippen LogP contribution is -2.41. The van der Waals surface area contributed by atoms with Crippen molar-refractivity contribution in [2.45, 2.75) is 84.8 Å². The molecule has 1 aliphatic rings. The van der Waals surface area contributed by atoms with E-state index in [1.165, 1.54) is 0 Å². The Morgan fingerprint density at radius 3 is 2.34 bits per heavy atom. The van der Waals surface area contributed by atoms with Crippen LogP contribution in [-0.4, -0.2) is 44.8 Å². The topological polar surface area (TPSA) is 82.8 Å². The second-order valence-electron chi connectivity index (χ2n) is 9.67. The number of ether oxygens (including phenoxy) is 1. The van der Waals surface area contributed by atoms with Crippen molar-refractivity contribution >= 4 is 29.5 Å². The van der Waals surface area contributed by atoms with Gasteiger partial charge in [0.05, 0.1) is 28.5 Å². The van der Waals surface area contributed by atoms with Crippen LogP contribution in [-0.2, 0) is 25.4 Å². The van der Waals surface area contributed by atoms with Gasteiger partial charge >= 0.3 is 13.1 Å². The molecule has 1 N–H and O–H groups in total. The van der Waals surface area contributed by atoms with E-state index in [2.05, 4.69) is 5.10 Å². The van der Waals surface area contributed by atoms with Crippen LogP contribution < -0.4 is 5.46 Å². The molecule has 1 aromatic heterocycles. The van der Waals surface area contributed by atoms with Crippen molar-refractivity contribution in [3.8, 4) is 0 Å². The largest absolute Gasteiger partial charge is 0.494 e. The molecule has 2 aromatic rings. The van der Waals surface area contributed by atoms with Crippen LogP contribution in [0, 0.1) is 0 Å². The molecular formula is C21H31BN2O5. The maximum atomic E-state index is 12.3. The van der Waals surface area contributed by atoms with Gasteiger partial charge in [-0.2, -0.15) is 5.10 Å². The average molecular weight is 402 g/mol. The van der Waals surface area contributed by atoms with Gasteiger partial charge in [0, 0.05) is 5.39 Å². The van der Waals surface area contributed by atoms with E-state index >= 15 is 0 Å². The molecule has 0 spiro atoms. The van der Waals surface area contributed by atoms with Crippen LogP contribution in [0.2, 0.25) is 0 Å². The van der Waals surface area contributed by atoms with Gasteiger partial charge in [0.1, 0.15) is 12.1 Å². The third-order valence-electron chi connectivity index (χ3n) is 5.42. The van der Waals surface area contributed by atoms with Crippen LogP contribution in [0.3, 0.4) is 0 Å². The molecule has 1 atom stereocenters. The van der Waals surface area contributed by atoms with Crippen LogP contribution in [0.15, 0.2) is 18.2 Å². The fraction of sp³-hybridized carbons (Fsp3) is 0.619. The summed E-state index contributed by atoms with van der Waals surface area (Å²) in [4.78, 5) is 12.3. The molecule has 7 nitrogen and oxygen atoms in total. The Bertz CT molecular complexity index is 911. The zero-order valence-electron chi connectivity index (χ0n) is 18.6. The molecule has 1 aliphatic heterocycles. The van der Waals surface area contributed by atoms with E-state index in [-0.39, 0.29) is 12.5 Å². The molecule has 29 heavy (non-hydrogen) atoms. The van der Waals surface area contributed by atoms with Crippen LogP contribution in [0.4, 0.5) is 0 Å². The average Bonchev–Trinajstić information content (AvgIpc) is 3.00. The first-order valence-corrected chi connectivity index (χ1v) is 9.96. The minimum absolute atomic E-state index is 0.0314. The Hall–Kier alpha value is -1.90. The predicted octanol–water partition coefficient (Wildman–Crippen LogP) is 2.73. The molecule has 2 heterocycles. The van der Waals surface area contributed by atoms with Gasteiger partial charge in [0.15, 0.2) is 0 Å². The van der Waals surface area contributed by atoms with Gasteiger partial charge in [-0.15, -0.1) is 0 Å². The van der Waals surface area contributed by atoms with Crippen molar-refractivity contribution in [2.75, 3.05) is 0 Å². The lowest BCUT2D eigenvalue weighted by molar-refractivity contribution is -0.155. The summed E-state index contributed by atoms with van der Waals surface area (Å²) in [6.45, 7) is 15.1. The number of rotatable bonds is 4. The quantitative estimate of drug-likeness (QED) is 0.626. The highest BCUT2D eigenvalue weighted by Gasteiger charge is 2.51. The minimum Gasteiger partial charge on any atom is -0.459 e. The lowest BCUT2D eigenvalue weighted by atomic mass is 9.78. The molecule has 0 saturated carbocycles. The molecule has 8 heteroatoms. The van der Waals surface area contributed by atoms with Gasteiger partial charge in [0.2, 0.25) is 0 Å². The van der Waals surface area contributed by atoms with Crippen molar-refractivity contribution in [1.82, 2.24) is 9.78 Å². The van der Waals surface area contributed by atoms with Crippen LogP contribution in [0.1, 0.15) is 67.2 Å². The Morgan fingerprint density at radius 2 is 1.83 bits per heavy atom. The number of nitrogens with zero attached hydrogens (tertiary/aromatic N) is 2. The summed E-state index contributed by atoms with van der Waals surface area (Å²) < 4.78 is 19.3. The molecule has 1 aromatic carbocycles. The molecule has 0 bridgehead atoms. The van der Waals surface area contributed by atoms with Crippen LogP contribution in [0.5, 0.6) is 0 Å². The van der Waals surface area contributed by atoms with Crippen molar-refractivity contribution < 1.29 is 23.9 Å². The number of carbonyl (C=O) groups is 1. The number of fused-ring (bicyclic) bond motifs is 1. The number of aliphatic hydroxyl groups excluding tert-OH is 1. The Kier molecular flexibility index (Phi) is 5.35. The molecule has 0 radical (unpaired) electrons. The molecule has 1 fully saturated rings. The van der Waals surface area contributed by atoms with Gasteiger partial charge in [-0.25, -0.2) is 0 Å². The van der Waals surface area contributed by atoms with E-state index in [1.54, 1.807) is 11.6 Å². The standard InChI is InChI=1S/C21H31BN2O5/c1-13(25)18-15-11-14(22-28-20(5,6)21(7,8)29-22)9-10-16(15)24(23-18)12-17(26)27-19(2,3)4/h9-11,13,25H,12H2,1-8H3. The second-order valence-corrected chi connectivity index (χ2v) is 9.67. The summed E-state index contributed by atoms with van der Waals surface area (Å²) in [7, 11) is -0.513. The van der Waals surface area contributed by atoms with Gasteiger partial charge in [0.25, 0.3) is 0 Å². The zero-order chi connectivity index (χ0) is 21.8. The second kappa shape index (κ2) is 7.11. The van der Waals surface area contributed by atoms with Gasteiger partial charge in [-0.1, -0.05) is 12.1 Å². The molecule has 0 aliphatic carbocycles. The summed E-state index contributed by atoms with van der Waals surface area (Å²) in [6, 6.07) is 5.70. The molecular weight excluding hydrogens is 371 g/mol. The van der Waals surface area contributed by atoms with Crippen LogP contribution >= 0.6 is 0 Å². The normalized spacial score (nSPS) is 19.6. The number of hydrogen-bond acceptors (Lipinski definition) is 6.